The Morgan fingerprint density at radius 2 is 2.10 bits per heavy atom. The van der Waals surface area contributed by atoms with Gasteiger partial charge in [-0.05, 0) is 20.3 Å². The van der Waals surface area contributed by atoms with Gasteiger partial charge in [0.2, 0.25) is 10.0 Å². The molecule has 20 heavy (non-hydrogen) atoms. The number of carbonyl (C=O) groups is 1. The molecule has 114 valence electrons. The molecular formula is C12H22N4O3S. The first-order valence-electron chi connectivity index (χ1n) is 6.66. The number of rotatable bonds is 7. The van der Waals surface area contributed by atoms with Gasteiger partial charge >= 0.3 is 0 Å². The van der Waals surface area contributed by atoms with Gasteiger partial charge < -0.3 is 5.32 Å². The van der Waals surface area contributed by atoms with E-state index in [1.165, 1.54) is 6.92 Å². The molecule has 1 aromatic rings. The highest BCUT2D eigenvalue weighted by molar-refractivity contribution is 7.89. The Morgan fingerprint density at radius 3 is 2.65 bits per heavy atom. The number of primary sulfonamides is 1. The van der Waals surface area contributed by atoms with Gasteiger partial charge in [-0.3, -0.25) is 9.89 Å². The Morgan fingerprint density at radius 1 is 1.45 bits per heavy atom. The van der Waals surface area contributed by atoms with Crippen LogP contribution < -0.4 is 10.5 Å². The van der Waals surface area contributed by atoms with Gasteiger partial charge in [-0.1, -0.05) is 26.2 Å². The van der Waals surface area contributed by atoms with Crippen molar-refractivity contribution >= 4 is 15.9 Å². The molecule has 7 nitrogen and oxygen atoms in total. The van der Waals surface area contributed by atoms with E-state index in [0.717, 1.165) is 25.7 Å². The summed E-state index contributed by atoms with van der Waals surface area (Å²) in [5, 5.41) is 14.1. The standard InChI is InChI=1S/C12H22N4O3S/c1-4-5-6-7-8(2)14-12(17)10-11(20(13,18)19)9(3)15-16-10/h8H,4-7H2,1-3H3,(H,14,17)(H,15,16)(H2,13,18,19). The van der Waals surface area contributed by atoms with Crippen molar-refractivity contribution in [1.82, 2.24) is 15.5 Å². The number of aryl methyl sites for hydroxylation is 1. The van der Waals surface area contributed by atoms with E-state index >= 15 is 0 Å². The molecule has 0 radical (unpaired) electrons. The van der Waals surface area contributed by atoms with Crippen LogP contribution in [0.1, 0.15) is 55.7 Å². The predicted octanol–water partition coefficient (Wildman–Crippen LogP) is 1.06. The quantitative estimate of drug-likeness (QED) is 0.653. The molecule has 1 rings (SSSR count). The molecule has 1 heterocycles. The van der Waals surface area contributed by atoms with E-state index < -0.39 is 15.9 Å². The number of nitrogens with zero attached hydrogens (tertiary/aromatic N) is 1. The highest BCUT2D eigenvalue weighted by Crippen LogP contribution is 2.16. The third-order valence-electron chi connectivity index (χ3n) is 3.01. The minimum atomic E-state index is -3.98. The number of hydrogen-bond donors (Lipinski definition) is 3. The largest absolute Gasteiger partial charge is 0.348 e. The fourth-order valence-corrected chi connectivity index (χ4v) is 2.87. The lowest BCUT2D eigenvalue weighted by atomic mass is 10.1. The molecule has 0 spiro atoms. The van der Waals surface area contributed by atoms with Crippen LogP contribution in [0.15, 0.2) is 4.90 Å². The monoisotopic (exact) mass is 302 g/mol. The molecule has 0 bridgehead atoms. The number of aromatic nitrogens is 2. The van der Waals surface area contributed by atoms with Gasteiger partial charge in [0.15, 0.2) is 5.69 Å². The average Bonchev–Trinajstić information content (AvgIpc) is 2.71. The molecule has 1 unspecified atom stereocenters. The second-order valence-electron chi connectivity index (χ2n) is 4.94. The SMILES string of the molecule is CCCCCC(C)NC(=O)c1n[nH]c(C)c1S(N)(=O)=O. The molecule has 0 aromatic carbocycles. The third kappa shape index (κ3) is 4.31. The Bertz CT molecular complexity index is 565. The van der Waals surface area contributed by atoms with Gasteiger partial charge in [0, 0.05) is 6.04 Å². The van der Waals surface area contributed by atoms with Crippen LogP contribution in [0, 0.1) is 6.92 Å². The molecule has 0 fully saturated rings. The summed E-state index contributed by atoms with van der Waals surface area (Å²) < 4.78 is 22.9. The number of sulfonamides is 1. The summed E-state index contributed by atoms with van der Waals surface area (Å²) in [4.78, 5) is 11.8. The van der Waals surface area contributed by atoms with Gasteiger partial charge in [-0.2, -0.15) is 5.10 Å². The van der Waals surface area contributed by atoms with Gasteiger partial charge in [0.25, 0.3) is 5.91 Å². The Kier molecular flexibility index (Phi) is 5.70. The maximum absolute atomic E-state index is 12.1. The van der Waals surface area contributed by atoms with E-state index in [9.17, 15) is 13.2 Å². The number of nitrogens with one attached hydrogen (secondary N) is 2. The lowest BCUT2D eigenvalue weighted by molar-refractivity contribution is 0.0929. The van der Waals surface area contributed by atoms with Gasteiger partial charge in [0.1, 0.15) is 4.90 Å². The second-order valence-corrected chi connectivity index (χ2v) is 6.44. The van der Waals surface area contributed by atoms with Crippen molar-refractivity contribution in [3.05, 3.63) is 11.4 Å². The molecule has 0 saturated carbocycles. The molecule has 8 heteroatoms. The summed E-state index contributed by atoms with van der Waals surface area (Å²) in [5.74, 6) is -0.526. The van der Waals surface area contributed by atoms with Crippen molar-refractivity contribution in [2.75, 3.05) is 0 Å². The normalized spacial score (nSPS) is 13.2. The number of unbranched alkanes of at least 4 members (excludes halogenated alkanes) is 2. The van der Waals surface area contributed by atoms with Crippen LogP contribution in [-0.2, 0) is 10.0 Å². The van der Waals surface area contributed by atoms with Crippen LogP contribution in [0.2, 0.25) is 0 Å². The maximum Gasteiger partial charge on any atom is 0.273 e. The van der Waals surface area contributed by atoms with Crippen LogP contribution >= 0.6 is 0 Å². The van der Waals surface area contributed by atoms with E-state index in [1.807, 2.05) is 6.92 Å². The zero-order valence-corrected chi connectivity index (χ0v) is 12.9. The van der Waals surface area contributed by atoms with Crippen molar-refractivity contribution in [3.8, 4) is 0 Å². The molecule has 0 aliphatic carbocycles. The van der Waals surface area contributed by atoms with E-state index in [2.05, 4.69) is 22.4 Å². The average molecular weight is 302 g/mol. The maximum atomic E-state index is 12.1. The first-order valence-corrected chi connectivity index (χ1v) is 8.20. The summed E-state index contributed by atoms with van der Waals surface area (Å²) in [6.07, 6.45) is 4.06. The second kappa shape index (κ2) is 6.85. The van der Waals surface area contributed by atoms with Crippen molar-refractivity contribution < 1.29 is 13.2 Å². The molecular weight excluding hydrogens is 280 g/mol. The van der Waals surface area contributed by atoms with Crippen molar-refractivity contribution in [3.63, 3.8) is 0 Å². The van der Waals surface area contributed by atoms with Gasteiger partial charge in [-0.15, -0.1) is 0 Å². The summed E-state index contributed by atoms with van der Waals surface area (Å²) in [7, 11) is -3.98. The number of hydrogen-bond acceptors (Lipinski definition) is 4. The molecule has 0 aliphatic rings. The first kappa shape index (κ1) is 16.6. The number of H-pyrrole nitrogens is 1. The number of aromatic amines is 1. The van der Waals surface area contributed by atoms with Gasteiger partial charge in [-0.25, -0.2) is 13.6 Å². The highest BCUT2D eigenvalue weighted by atomic mass is 32.2. The zero-order valence-electron chi connectivity index (χ0n) is 12.1. The Labute approximate surface area is 119 Å². The summed E-state index contributed by atoms with van der Waals surface area (Å²) in [6, 6.07) is -0.0422. The van der Waals surface area contributed by atoms with Crippen LogP contribution in [0.5, 0.6) is 0 Å². The lowest BCUT2D eigenvalue weighted by Gasteiger charge is -2.13. The topological polar surface area (TPSA) is 118 Å². The molecule has 4 N–H and O–H groups in total. The first-order chi connectivity index (χ1) is 9.27. The zero-order chi connectivity index (χ0) is 15.3. The summed E-state index contributed by atoms with van der Waals surface area (Å²) in [6.45, 7) is 5.49. The van der Waals surface area contributed by atoms with E-state index in [0.29, 0.717) is 0 Å². The van der Waals surface area contributed by atoms with Crippen LogP contribution in [0.25, 0.3) is 0 Å². The number of nitrogens with two attached hydrogens (primary N) is 1. The fraction of sp³-hybridized carbons (Fsp3) is 0.667. The van der Waals surface area contributed by atoms with Crippen molar-refractivity contribution in [2.45, 2.75) is 57.4 Å². The van der Waals surface area contributed by atoms with Crippen molar-refractivity contribution in [2.24, 2.45) is 5.14 Å². The highest BCUT2D eigenvalue weighted by Gasteiger charge is 2.26. The molecule has 1 atom stereocenters. The third-order valence-corrected chi connectivity index (χ3v) is 4.08. The number of carbonyl (C=O) groups excluding carboxylic acids is 1. The molecule has 1 aromatic heterocycles. The summed E-state index contributed by atoms with van der Waals surface area (Å²) >= 11 is 0. The number of amides is 1. The smallest absolute Gasteiger partial charge is 0.273 e. The molecule has 0 saturated heterocycles. The summed E-state index contributed by atoms with van der Waals surface area (Å²) in [5.41, 5.74) is 0.0867. The minimum absolute atomic E-state index is 0.0422. The fourth-order valence-electron chi connectivity index (χ4n) is 1.99. The van der Waals surface area contributed by atoms with Crippen LogP contribution in [0.4, 0.5) is 0 Å². The van der Waals surface area contributed by atoms with E-state index in [1.54, 1.807) is 0 Å². The molecule has 1 amide bonds. The van der Waals surface area contributed by atoms with Crippen LogP contribution in [-0.4, -0.2) is 30.6 Å². The van der Waals surface area contributed by atoms with E-state index in [-0.39, 0.29) is 22.3 Å². The van der Waals surface area contributed by atoms with Gasteiger partial charge in [0.05, 0.1) is 5.69 Å². The Hall–Kier alpha value is -1.41. The lowest BCUT2D eigenvalue weighted by Crippen LogP contribution is -2.34. The van der Waals surface area contributed by atoms with Crippen LogP contribution in [0.3, 0.4) is 0 Å². The van der Waals surface area contributed by atoms with Crippen molar-refractivity contribution in [1.29, 1.82) is 0 Å². The predicted molar refractivity (Wildman–Crippen MR) is 75.8 cm³/mol. The molecule has 0 aliphatic heterocycles. The minimum Gasteiger partial charge on any atom is -0.348 e. The Balaban J connectivity index is 2.79. The van der Waals surface area contributed by atoms with E-state index in [4.69, 9.17) is 5.14 Å².